The van der Waals surface area contributed by atoms with Gasteiger partial charge in [0.25, 0.3) is 0 Å². The van der Waals surface area contributed by atoms with Gasteiger partial charge in [0.15, 0.2) is 0 Å². The average molecular weight is 248 g/mol. The number of rotatable bonds is 4. The summed E-state index contributed by atoms with van der Waals surface area (Å²) >= 11 is 1.59. The molecule has 1 aromatic carbocycles. The highest BCUT2D eigenvalue weighted by molar-refractivity contribution is 7.09. The maximum Gasteiger partial charge on any atom is 0.335 e. The third-order valence-corrected chi connectivity index (χ3v) is 3.34. The van der Waals surface area contributed by atoms with Crippen molar-refractivity contribution in [2.75, 3.05) is 5.32 Å². The van der Waals surface area contributed by atoms with Crippen LogP contribution in [0.2, 0.25) is 0 Å². The molecule has 2 rings (SSSR count). The fourth-order valence-corrected chi connectivity index (χ4v) is 2.16. The van der Waals surface area contributed by atoms with Crippen molar-refractivity contribution >= 4 is 23.0 Å². The Bertz CT molecular complexity index is 537. The molecule has 17 heavy (non-hydrogen) atoms. The van der Waals surface area contributed by atoms with Gasteiger partial charge in [-0.15, -0.1) is 11.3 Å². The summed E-state index contributed by atoms with van der Waals surface area (Å²) in [5, 5.41) is 12.1. The largest absolute Gasteiger partial charge is 0.478 e. The minimum atomic E-state index is -0.914. The average Bonchev–Trinajstić information content (AvgIpc) is 2.72. The molecule has 0 saturated heterocycles. The third-order valence-electron chi connectivity index (χ3n) is 2.41. The Balaban J connectivity index is 2.07. The summed E-state index contributed by atoms with van der Waals surface area (Å²) in [4.78, 5) is 16.1. The smallest absolute Gasteiger partial charge is 0.335 e. The summed E-state index contributed by atoms with van der Waals surface area (Å²) in [6.45, 7) is 2.63. The van der Waals surface area contributed by atoms with Gasteiger partial charge in [-0.05, 0) is 25.1 Å². The lowest BCUT2D eigenvalue weighted by Gasteiger charge is -2.06. The molecule has 5 heteroatoms. The molecule has 2 N–H and O–H groups in total. The van der Waals surface area contributed by atoms with Gasteiger partial charge >= 0.3 is 5.97 Å². The number of hydrogen-bond donors (Lipinski definition) is 2. The van der Waals surface area contributed by atoms with Gasteiger partial charge in [0.2, 0.25) is 0 Å². The molecule has 0 amide bonds. The molecule has 0 spiro atoms. The number of carbonyl (C=O) groups is 1. The molecule has 88 valence electrons. The van der Waals surface area contributed by atoms with Crippen LogP contribution in [-0.4, -0.2) is 16.1 Å². The molecule has 4 nitrogen and oxygen atoms in total. The van der Waals surface area contributed by atoms with E-state index in [0.29, 0.717) is 6.54 Å². The zero-order valence-corrected chi connectivity index (χ0v) is 10.1. The monoisotopic (exact) mass is 248 g/mol. The van der Waals surface area contributed by atoms with E-state index in [1.54, 1.807) is 35.0 Å². The minimum Gasteiger partial charge on any atom is -0.478 e. The molecule has 0 saturated carbocycles. The number of carboxylic acids is 1. The van der Waals surface area contributed by atoms with Crippen LogP contribution in [0.3, 0.4) is 0 Å². The Morgan fingerprint density at radius 1 is 1.53 bits per heavy atom. The van der Waals surface area contributed by atoms with E-state index in [2.05, 4.69) is 10.3 Å². The van der Waals surface area contributed by atoms with Crippen LogP contribution in [0.5, 0.6) is 0 Å². The first-order valence-corrected chi connectivity index (χ1v) is 6.01. The van der Waals surface area contributed by atoms with Gasteiger partial charge in [0, 0.05) is 10.6 Å². The topological polar surface area (TPSA) is 62.2 Å². The van der Waals surface area contributed by atoms with Crippen LogP contribution < -0.4 is 5.32 Å². The number of aromatic nitrogens is 1. The van der Waals surface area contributed by atoms with Crippen molar-refractivity contribution < 1.29 is 9.90 Å². The lowest BCUT2D eigenvalue weighted by molar-refractivity contribution is 0.0697. The van der Waals surface area contributed by atoms with E-state index < -0.39 is 5.97 Å². The first-order chi connectivity index (χ1) is 8.16. The van der Waals surface area contributed by atoms with Gasteiger partial charge < -0.3 is 10.4 Å². The Morgan fingerprint density at radius 2 is 2.35 bits per heavy atom. The summed E-state index contributed by atoms with van der Waals surface area (Å²) < 4.78 is 0. The predicted octanol–water partition coefficient (Wildman–Crippen LogP) is 2.76. The number of hydrogen-bond acceptors (Lipinski definition) is 4. The van der Waals surface area contributed by atoms with Gasteiger partial charge in [-0.25, -0.2) is 9.78 Å². The van der Waals surface area contributed by atoms with Crippen LogP contribution in [0.4, 0.5) is 5.69 Å². The van der Waals surface area contributed by atoms with E-state index in [1.165, 1.54) is 0 Å². The highest BCUT2D eigenvalue weighted by atomic mass is 32.1. The van der Waals surface area contributed by atoms with Crippen molar-refractivity contribution in [2.45, 2.75) is 13.5 Å². The van der Waals surface area contributed by atoms with Crippen molar-refractivity contribution in [1.82, 2.24) is 4.98 Å². The van der Waals surface area contributed by atoms with E-state index in [-0.39, 0.29) is 5.56 Å². The first-order valence-electron chi connectivity index (χ1n) is 5.13. The number of thiazole rings is 1. The van der Waals surface area contributed by atoms with E-state index in [4.69, 9.17) is 5.11 Å². The van der Waals surface area contributed by atoms with Crippen LogP contribution in [0.1, 0.15) is 20.9 Å². The quantitative estimate of drug-likeness (QED) is 0.873. The van der Waals surface area contributed by atoms with Crippen molar-refractivity contribution in [3.05, 3.63) is 45.9 Å². The van der Waals surface area contributed by atoms with E-state index in [1.807, 2.05) is 13.0 Å². The summed E-state index contributed by atoms with van der Waals surface area (Å²) in [5.74, 6) is -0.914. The zero-order chi connectivity index (χ0) is 12.3. The molecule has 0 aliphatic carbocycles. The van der Waals surface area contributed by atoms with Gasteiger partial charge in [0.1, 0.15) is 0 Å². The number of aryl methyl sites for hydroxylation is 1. The summed E-state index contributed by atoms with van der Waals surface area (Å²) in [7, 11) is 0. The van der Waals surface area contributed by atoms with Crippen LogP contribution in [0, 0.1) is 6.92 Å². The highest BCUT2D eigenvalue weighted by Gasteiger charge is 2.04. The second-order valence-corrected chi connectivity index (χ2v) is 4.54. The minimum absolute atomic E-state index is 0.288. The molecule has 1 heterocycles. The standard InChI is InChI=1S/C12H12N2O2S/c1-8-11(17-7-14-8)6-13-10-4-2-3-9(5-10)12(15)16/h2-5,7,13H,6H2,1H3,(H,15,16). The zero-order valence-electron chi connectivity index (χ0n) is 9.30. The number of carboxylic acid groups (broad SMARTS) is 1. The molecule has 0 aliphatic rings. The maximum absolute atomic E-state index is 10.8. The molecular weight excluding hydrogens is 236 g/mol. The fourth-order valence-electron chi connectivity index (χ4n) is 1.44. The number of nitrogens with one attached hydrogen (secondary N) is 1. The normalized spacial score (nSPS) is 10.2. The predicted molar refractivity (Wildman–Crippen MR) is 67.6 cm³/mol. The number of nitrogens with zero attached hydrogens (tertiary/aromatic N) is 1. The third kappa shape index (κ3) is 2.82. The molecule has 0 fully saturated rings. The van der Waals surface area contributed by atoms with Crippen molar-refractivity contribution in [2.24, 2.45) is 0 Å². The molecule has 0 atom stereocenters. The molecule has 0 unspecified atom stereocenters. The highest BCUT2D eigenvalue weighted by Crippen LogP contribution is 2.16. The molecule has 2 aromatic rings. The van der Waals surface area contributed by atoms with E-state index in [9.17, 15) is 4.79 Å². The first kappa shape index (κ1) is 11.6. The van der Waals surface area contributed by atoms with Crippen LogP contribution in [-0.2, 0) is 6.54 Å². The number of anilines is 1. The SMILES string of the molecule is Cc1ncsc1CNc1cccc(C(=O)O)c1. The van der Waals surface area contributed by atoms with Crippen LogP contribution >= 0.6 is 11.3 Å². The van der Waals surface area contributed by atoms with Gasteiger partial charge in [-0.1, -0.05) is 6.07 Å². The van der Waals surface area contributed by atoms with Crippen LogP contribution in [0.15, 0.2) is 29.8 Å². The molecule has 0 bridgehead atoms. The molecule has 0 radical (unpaired) electrons. The van der Waals surface area contributed by atoms with E-state index >= 15 is 0 Å². The Morgan fingerprint density at radius 3 is 3.00 bits per heavy atom. The molecule has 0 aliphatic heterocycles. The van der Waals surface area contributed by atoms with Crippen molar-refractivity contribution in [3.8, 4) is 0 Å². The fraction of sp³-hybridized carbons (Fsp3) is 0.167. The number of aromatic carboxylic acids is 1. The summed E-state index contributed by atoms with van der Waals surface area (Å²) in [6, 6.07) is 6.78. The Labute approximate surface area is 103 Å². The lowest BCUT2D eigenvalue weighted by Crippen LogP contribution is -2.01. The van der Waals surface area contributed by atoms with Crippen LogP contribution in [0.25, 0.3) is 0 Å². The van der Waals surface area contributed by atoms with E-state index in [0.717, 1.165) is 16.3 Å². The van der Waals surface area contributed by atoms with Crippen molar-refractivity contribution in [3.63, 3.8) is 0 Å². The molecular formula is C12H12N2O2S. The number of benzene rings is 1. The molecule has 1 aromatic heterocycles. The second kappa shape index (κ2) is 4.97. The van der Waals surface area contributed by atoms with Gasteiger partial charge in [0.05, 0.1) is 23.3 Å². The van der Waals surface area contributed by atoms with Gasteiger partial charge in [-0.3, -0.25) is 0 Å². The van der Waals surface area contributed by atoms with Crippen molar-refractivity contribution in [1.29, 1.82) is 0 Å². The lowest BCUT2D eigenvalue weighted by atomic mass is 10.2. The van der Waals surface area contributed by atoms with Gasteiger partial charge in [-0.2, -0.15) is 0 Å². The summed E-state index contributed by atoms with van der Waals surface area (Å²) in [5.41, 5.74) is 3.91. The maximum atomic E-state index is 10.8. The Hall–Kier alpha value is -1.88. The summed E-state index contributed by atoms with van der Waals surface area (Å²) in [6.07, 6.45) is 0. The Kier molecular flexibility index (Phi) is 3.39. The second-order valence-electron chi connectivity index (χ2n) is 3.60.